The molecule has 1 unspecified atom stereocenters. The van der Waals surface area contributed by atoms with Crippen LogP contribution in [0, 0.1) is 0 Å². The van der Waals surface area contributed by atoms with Gasteiger partial charge >= 0.3 is 12.0 Å². The number of ether oxygens (including phenoxy) is 3. The van der Waals surface area contributed by atoms with Crippen LogP contribution < -0.4 is 14.4 Å². The van der Waals surface area contributed by atoms with E-state index in [1.165, 1.54) is 7.11 Å². The Morgan fingerprint density at radius 2 is 1.83 bits per heavy atom. The second kappa shape index (κ2) is 7.96. The second-order valence-electron chi connectivity index (χ2n) is 5.08. The third-order valence-electron chi connectivity index (χ3n) is 3.01. The first-order valence-electron chi connectivity index (χ1n) is 7.13. The minimum Gasteiger partial charge on any atom is -0.479 e. The van der Waals surface area contributed by atoms with Gasteiger partial charge in [-0.25, -0.2) is 9.78 Å². The Kier molecular flexibility index (Phi) is 5.97. The van der Waals surface area contributed by atoms with E-state index >= 15 is 0 Å². The number of rotatable bonds is 6. The van der Waals surface area contributed by atoms with E-state index in [1.54, 1.807) is 37.4 Å². The van der Waals surface area contributed by atoms with E-state index in [-0.39, 0.29) is 6.01 Å². The Hall–Kier alpha value is -2.35. The van der Waals surface area contributed by atoms with E-state index in [0.717, 1.165) is 4.47 Å². The SMILES string of the molecule is COC(=O)C(C)Oc1ccc(Oc2ncc(Br)c(N(C)C)n2)cc1. The molecule has 1 aromatic heterocycles. The van der Waals surface area contributed by atoms with Crippen molar-refractivity contribution in [2.45, 2.75) is 13.0 Å². The maximum absolute atomic E-state index is 11.3. The molecule has 0 saturated heterocycles. The summed E-state index contributed by atoms with van der Waals surface area (Å²) in [5.74, 6) is 1.37. The fourth-order valence-corrected chi connectivity index (χ4v) is 2.36. The quantitative estimate of drug-likeness (QED) is 0.695. The monoisotopic (exact) mass is 395 g/mol. The first-order chi connectivity index (χ1) is 11.4. The zero-order valence-electron chi connectivity index (χ0n) is 13.8. The Bertz CT molecular complexity index is 707. The standard InChI is InChI=1S/C16H18BrN3O4/c1-10(15(21)22-4)23-11-5-7-12(8-6-11)24-16-18-9-13(17)14(19-16)20(2)3/h5-10H,1-4H3. The zero-order chi connectivity index (χ0) is 17.7. The Morgan fingerprint density at radius 3 is 2.42 bits per heavy atom. The molecule has 0 amide bonds. The van der Waals surface area contributed by atoms with Gasteiger partial charge in [0.15, 0.2) is 6.10 Å². The van der Waals surface area contributed by atoms with E-state index in [2.05, 4.69) is 30.6 Å². The molecule has 0 aliphatic rings. The molecule has 0 bridgehead atoms. The summed E-state index contributed by atoms with van der Waals surface area (Å²) < 4.78 is 16.5. The van der Waals surface area contributed by atoms with Crippen LogP contribution in [0.4, 0.5) is 5.82 Å². The molecule has 8 heteroatoms. The van der Waals surface area contributed by atoms with E-state index in [9.17, 15) is 4.79 Å². The Balaban J connectivity index is 2.06. The van der Waals surface area contributed by atoms with Gasteiger partial charge in [0.1, 0.15) is 17.3 Å². The zero-order valence-corrected chi connectivity index (χ0v) is 15.4. The number of hydrogen-bond acceptors (Lipinski definition) is 7. The highest BCUT2D eigenvalue weighted by atomic mass is 79.9. The molecule has 0 radical (unpaired) electrons. The topological polar surface area (TPSA) is 73.8 Å². The van der Waals surface area contributed by atoms with Gasteiger partial charge in [0.25, 0.3) is 0 Å². The smallest absolute Gasteiger partial charge is 0.346 e. The highest BCUT2D eigenvalue weighted by Gasteiger charge is 2.15. The minimum absolute atomic E-state index is 0.235. The predicted molar refractivity (Wildman–Crippen MR) is 92.7 cm³/mol. The molecule has 0 aliphatic heterocycles. The maximum atomic E-state index is 11.3. The van der Waals surface area contributed by atoms with Crippen LogP contribution in [0.1, 0.15) is 6.92 Å². The van der Waals surface area contributed by atoms with Gasteiger partial charge in [-0.1, -0.05) is 0 Å². The van der Waals surface area contributed by atoms with Gasteiger partial charge in [-0.3, -0.25) is 0 Å². The number of carbonyl (C=O) groups excluding carboxylic acids is 1. The van der Waals surface area contributed by atoms with Crippen molar-refractivity contribution in [3.8, 4) is 17.5 Å². The van der Waals surface area contributed by atoms with E-state index in [4.69, 9.17) is 9.47 Å². The molecule has 24 heavy (non-hydrogen) atoms. The van der Waals surface area contributed by atoms with Crippen molar-refractivity contribution in [1.82, 2.24) is 9.97 Å². The maximum Gasteiger partial charge on any atom is 0.346 e. The Labute approximate surface area is 148 Å². The summed E-state index contributed by atoms with van der Waals surface area (Å²) in [6, 6.07) is 7.04. The molecule has 2 aromatic rings. The third-order valence-corrected chi connectivity index (χ3v) is 3.57. The number of benzene rings is 1. The number of hydrogen-bond donors (Lipinski definition) is 0. The van der Waals surface area contributed by atoms with Crippen LogP contribution in [-0.4, -0.2) is 43.2 Å². The molecule has 1 aromatic carbocycles. The molecule has 0 N–H and O–H groups in total. The molecule has 0 fully saturated rings. The first-order valence-corrected chi connectivity index (χ1v) is 7.92. The minimum atomic E-state index is -0.681. The van der Waals surface area contributed by atoms with Crippen LogP contribution in [0.2, 0.25) is 0 Å². The van der Waals surface area contributed by atoms with Gasteiger partial charge in [-0.2, -0.15) is 4.98 Å². The molecular weight excluding hydrogens is 378 g/mol. The molecule has 7 nitrogen and oxygen atoms in total. The number of esters is 1. The molecule has 0 spiro atoms. The molecule has 1 atom stereocenters. The number of anilines is 1. The first kappa shape index (κ1) is 18.0. The lowest BCUT2D eigenvalue weighted by molar-refractivity contribution is -0.147. The lowest BCUT2D eigenvalue weighted by Crippen LogP contribution is -2.24. The summed E-state index contributed by atoms with van der Waals surface area (Å²) in [6.07, 6.45) is 0.951. The van der Waals surface area contributed by atoms with Crippen LogP contribution in [0.25, 0.3) is 0 Å². The highest BCUT2D eigenvalue weighted by Crippen LogP contribution is 2.26. The number of methoxy groups -OCH3 is 1. The van der Waals surface area contributed by atoms with Crippen LogP contribution in [0.15, 0.2) is 34.9 Å². The Morgan fingerprint density at radius 1 is 1.21 bits per heavy atom. The van der Waals surface area contributed by atoms with E-state index in [0.29, 0.717) is 17.3 Å². The lowest BCUT2D eigenvalue weighted by atomic mass is 10.3. The lowest BCUT2D eigenvalue weighted by Gasteiger charge is -2.14. The van der Waals surface area contributed by atoms with Crippen molar-refractivity contribution >= 4 is 27.7 Å². The number of halogens is 1. The van der Waals surface area contributed by atoms with Crippen molar-refractivity contribution in [1.29, 1.82) is 0 Å². The average molecular weight is 396 g/mol. The van der Waals surface area contributed by atoms with Crippen molar-refractivity contribution < 1.29 is 19.0 Å². The summed E-state index contributed by atoms with van der Waals surface area (Å²) in [6.45, 7) is 1.62. The van der Waals surface area contributed by atoms with Gasteiger partial charge in [0.2, 0.25) is 0 Å². The third kappa shape index (κ3) is 4.58. The highest BCUT2D eigenvalue weighted by molar-refractivity contribution is 9.10. The van der Waals surface area contributed by atoms with Gasteiger partial charge < -0.3 is 19.1 Å². The van der Waals surface area contributed by atoms with Crippen molar-refractivity contribution in [3.05, 3.63) is 34.9 Å². The molecule has 0 aliphatic carbocycles. The fraction of sp³-hybridized carbons (Fsp3) is 0.312. The summed E-state index contributed by atoms with van der Waals surface area (Å²) >= 11 is 3.39. The van der Waals surface area contributed by atoms with Crippen molar-refractivity contribution in [2.75, 3.05) is 26.1 Å². The van der Waals surface area contributed by atoms with Crippen LogP contribution >= 0.6 is 15.9 Å². The van der Waals surface area contributed by atoms with Crippen LogP contribution in [0.3, 0.4) is 0 Å². The summed E-state index contributed by atoms with van der Waals surface area (Å²) in [4.78, 5) is 21.6. The average Bonchev–Trinajstić information content (AvgIpc) is 2.57. The van der Waals surface area contributed by atoms with Gasteiger partial charge in [0.05, 0.1) is 17.8 Å². The normalized spacial score (nSPS) is 11.5. The van der Waals surface area contributed by atoms with Gasteiger partial charge in [-0.05, 0) is 47.1 Å². The number of carbonyl (C=O) groups is 1. The molecule has 0 saturated carbocycles. The molecule has 128 valence electrons. The van der Waals surface area contributed by atoms with Crippen molar-refractivity contribution in [3.63, 3.8) is 0 Å². The van der Waals surface area contributed by atoms with Crippen LogP contribution in [0.5, 0.6) is 17.5 Å². The molecule has 1 heterocycles. The molecule has 2 rings (SSSR count). The number of nitrogens with zero attached hydrogens (tertiary/aromatic N) is 3. The fourth-order valence-electron chi connectivity index (χ4n) is 1.82. The molecular formula is C16H18BrN3O4. The predicted octanol–water partition coefficient (Wildman–Crippen LogP) is 3.04. The van der Waals surface area contributed by atoms with E-state index in [1.807, 2.05) is 19.0 Å². The largest absolute Gasteiger partial charge is 0.479 e. The summed E-state index contributed by atoms with van der Waals surface area (Å²) in [5, 5.41) is 0. The number of aromatic nitrogens is 2. The summed E-state index contributed by atoms with van der Waals surface area (Å²) in [7, 11) is 5.08. The summed E-state index contributed by atoms with van der Waals surface area (Å²) in [5.41, 5.74) is 0. The van der Waals surface area contributed by atoms with E-state index < -0.39 is 12.1 Å². The van der Waals surface area contributed by atoms with Crippen molar-refractivity contribution in [2.24, 2.45) is 0 Å². The van der Waals surface area contributed by atoms with Crippen LogP contribution in [-0.2, 0) is 9.53 Å². The second-order valence-corrected chi connectivity index (χ2v) is 5.93. The van der Waals surface area contributed by atoms with Gasteiger partial charge in [0, 0.05) is 14.1 Å². The van der Waals surface area contributed by atoms with Gasteiger partial charge in [-0.15, -0.1) is 0 Å².